The van der Waals surface area contributed by atoms with Gasteiger partial charge in [-0.2, -0.15) is 0 Å². The minimum absolute atomic E-state index is 0.0424. The number of hydrogen-bond acceptors (Lipinski definition) is 5. The lowest BCUT2D eigenvalue weighted by atomic mass is 9.77. The molecule has 2 fully saturated rings. The molecule has 1 saturated heterocycles. The minimum atomic E-state index is -0.331. The molecule has 0 spiro atoms. The van der Waals surface area contributed by atoms with E-state index in [0.717, 1.165) is 29.7 Å². The fourth-order valence-electron chi connectivity index (χ4n) is 5.78. The number of benzene rings is 2. The number of amides is 2. The molecule has 8 nitrogen and oxygen atoms in total. The third kappa shape index (κ3) is 4.25. The van der Waals surface area contributed by atoms with Crippen LogP contribution in [0.2, 0.25) is 0 Å². The summed E-state index contributed by atoms with van der Waals surface area (Å²) >= 11 is 0. The van der Waals surface area contributed by atoms with E-state index in [0.29, 0.717) is 36.5 Å². The van der Waals surface area contributed by atoms with Crippen molar-refractivity contribution in [2.45, 2.75) is 31.9 Å². The molecule has 0 bridgehead atoms. The number of halogens is 1. The van der Waals surface area contributed by atoms with Crippen molar-refractivity contribution in [3.63, 3.8) is 0 Å². The molecule has 0 unspecified atom stereocenters. The molecule has 9 heteroatoms. The summed E-state index contributed by atoms with van der Waals surface area (Å²) in [6, 6.07) is 13.9. The molecule has 2 aromatic heterocycles. The number of carbonyl (C=O) groups is 1. The van der Waals surface area contributed by atoms with Crippen molar-refractivity contribution >= 4 is 22.8 Å². The highest BCUT2D eigenvalue weighted by Gasteiger charge is 2.45. The largest absolute Gasteiger partial charge is 0.471 e. The molecule has 36 heavy (non-hydrogen) atoms. The quantitative estimate of drug-likeness (QED) is 0.446. The number of imidazole rings is 1. The van der Waals surface area contributed by atoms with Gasteiger partial charge >= 0.3 is 6.03 Å². The second-order valence-corrected chi connectivity index (χ2v) is 9.62. The SMILES string of the molecule is Cc1nc2ccccc2n1[C@H]1C[C@H]2CN(C(=O)Nc3ccc(F)cc3)C[C@H]2C[C@@H]1Oc1cnccn1. The highest BCUT2D eigenvalue weighted by molar-refractivity contribution is 5.89. The summed E-state index contributed by atoms with van der Waals surface area (Å²) < 4.78 is 22.0. The monoisotopic (exact) mass is 486 g/mol. The molecule has 2 amide bonds. The summed E-state index contributed by atoms with van der Waals surface area (Å²) in [5.74, 6) is 1.74. The number of para-hydroxylation sites is 2. The van der Waals surface area contributed by atoms with Crippen LogP contribution in [0.3, 0.4) is 0 Å². The van der Waals surface area contributed by atoms with Crippen LogP contribution in [0.1, 0.15) is 24.7 Å². The van der Waals surface area contributed by atoms with Crippen molar-refractivity contribution in [1.82, 2.24) is 24.4 Å². The second-order valence-electron chi connectivity index (χ2n) is 9.62. The Morgan fingerprint density at radius 2 is 1.83 bits per heavy atom. The van der Waals surface area contributed by atoms with E-state index in [1.165, 1.54) is 12.1 Å². The molecular formula is C27H27FN6O2. The molecule has 1 N–H and O–H groups in total. The Hall–Kier alpha value is -4.01. The number of anilines is 1. The molecule has 1 saturated carbocycles. The van der Waals surface area contributed by atoms with Gasteiger partial charge in [-0.25, -0.2) is 19.2 Å². The molecule has 3 heterocycles. The molecule has 2 aromatic carbocycles. The zero-order valence-electron chi connectivity index (χ0n) is 19.9. The number of hydrogen-bond donors (Lipinski definition) is 1. The van der Waals surface area contributed by atoms with Crippen molar-refractivity contribution in [3.05, 3.63) is 78.8 Å². The molecule has 4 atom stereocenters. The van der Waals surface area contributed by atoms with Crippen molar-refractivity contribution in [3.8, 4) is 5.88 Å². The lowest BCUT2D eigenvalue weighted by molar-refractivity contribution is 0.0519. The molecule has 184 valence electrons. The van der Waals surface area contributed by atoms with E-state index in [1.807, 2.05) is 30.0 Å². The Bertz CT molecular complexity index is 1380. The molecule has 1 aliphatic carbocycles. The normalized spacial score (nSPS) is 23.4. The standard InChI is InChI=1S/C27H27FN6O2/c1-17-31-22-4-2-3-5-23(22)34(17)24-12-18-15-33(27(35)32-21-8-6-20(28)7-9-21)16-19(18)13-25(24)36-26-14-29-10-11-30-26/h2-11,14,18-19,24-25H,12-13,15-16H2,1H3,(H,32,35)/t18-,19+,24-,25-/m0/s1. The van der Waals surface area contributed by atoms with Gasteiger partial charge in [0.05, 0.1) is 23.3 Å². The van der Waals surface area contributed by atoms with E-state index in [2.05, 4.69) is 25.9 Å². The first-order valence-corrected chi connectivity index (χ1v) is 12.2. The fourth-order valence-corrected chi connectivity index (χ4v) is 5.78. The summed E-state index contributed by atoms with van der Waals surface area (Å²) in [4.78, 5) is 28.2. The van der Waals surface area contributed by atoms with Gasteiger partial charge in [0.1, 0.15) is 17.7 Å². The van der Waals surface area contributed by atoms with Crippen molar-refractivity contribution in [2.24, 2.45) is 11.8 Å². The number of carbonyl (C=O) groups excluding carboxylic acids is 1. The highest BCUT2D eigenvalue weighted by Crippen LogP contribution is 2.44. The van der Waals surface area contributed by atoms with Crippen LogP contribution in [0, 0.1) is 24.6 Å². The zero-order chi connectivity index (χ0) is 24.6. The van der Waals surface area contributed by atoms with Gasteiger partial charge in [0.2, 0.25) is 5.88 Å². The number of nitrogens with zero attached hydrogens (tertiary/aromatic N) is 5. The number of likely N-dealkylation sites (tertiary alicyclic amines) is 1. The van der Waals surface area contributed by atoms with Crippen molar-refractivity contribution in [1.29, 1.82) is 0 Å². The summed E-state index contributed by atoms with van der Waals surface area (Å²) in [5, 5.41) is 2.90. The Kier molecular flexibility index (Phi) is 5.75. The number of urea groups is 1. The van der Waals surface area contributed by atoms with Crippen LogP contribution >= 0.6 is 0 Å². The molecule has 0 radical (unpaired) electrons. The molecule has 2 aliphatic rings. The van der Waals surface area contributed by atoms with Crippen LogP contribution in [0.4, 0.5) is 14.9 Å². The van der Waals surface area contributed by atoms with Crippen LogP contribution in [-0.4, -0.2) is 49.6 Å². The smallest absolute Gasteiger partial charge is 0.321 e. The first-order chi connectivity index (χ1) is 17.5. The number of aromatic nitrogens is 4. The van der Waals surface area contributed by atoms with Gasteiger partial charge in [-0.05, 0) is 68.0 Å². The summed E-state index contributed by atoms with van der Waals surface area (Å²) in [6.45, 7) is 3.34. The maximum atomic E-state index is 13.2. The number of nitrogens with one attached hydrogen (secondary N) is 1. The van der Waals surface area contributed by atoms with Gasteiger partial charge in [-0.15, -0.1) is 0 Å². The minimum Gasteiger partial charge on any atom is -0.471 e. The van der Waals surface area contributed by atoms with Crippen molar-refractivity contribution < 1.29 is 13.9 Å². The predicted molar refractivity (Wildman–Crippen MR) is 133 cm³/mol. The predicted octanol–water partition coefficient (Wildman–Crippen LogP) is 4.84. The van der Waals surface area contributed by atoms with Crippen LogP contribution in [0.5, 0.6) is 5.88 Å². The molecular weight excluding hydrogens is 459 g/mol. The van der Waals surface area contributed by atoms with E-state index in [-0.39, 0.29) is 24.0 Å². The number of ether oxygens (including phenoxy) is 1. The first-order valence-electron chi connectivity index (χ1n) is 12.2. The van der Waals surface area contributed by atoms with Crippen LogP contribution < -0.4 is 10.1 Å². The zero-order valence-corrected chi connectivity index (χ0v) is 19.9. The second kappa shape index (κ2) is 9.22. The third-order valence-corrected chi connectivity index (χ3v) is 7.38. The van der Waals surface area contributed by atoms with Gasteiger partial charge in [-0.1, -0.05) is 12.1 Å². The Morgan fingerprint density at radius 1 is 1.06 bits per heavy atom. The maximum Gasteiger partial charge on any atom is 0.321 e. The highest BCUT2D eigenvalue weighted by atomic mass is 19.1. The average molecular weight is 487 g/mol. The Morgan fingerprint density at radius 3 is 2.61 bits per heavy atom. The third-order valence-electron chi connectivity index (χ3n) is 7.38. The number of aryl methyl sites for hydroxylation is 1. The average Bonchev–Trinajstić information content (AvgIpc) is 3.45. The molecule has 1 aliphatic heterocycles. The molecule has 6 rings (SSSR count). The van der Waals surface area contributed by atoms with Crippen LogP contribution in [0.25, 0.3) is 11.0 Å². The topological polar surface area (TPSA) is 85.2 Å². The summed E-state index contributed by atoms with van der Waals surface area (Å²) in [6.07, 6.45) is 6.40. The summed E-state index contributed by atoms with van der Waals surface area (Å²) in [7, 11) is 0. The van der Waals surface area contributed by atoms with E-state index in [4.69, 9.17) is 9.72 Å². The van der Waals surface area contributed by atoms with Gasteiger partial charge in [0.25, 0.3) is 0 Å². The van der Waals surface area contributed by atoms with Crippen LogP contribution in [-0.2, 0) is 0 Å². The fraction of sp³-hybridized carbons (Fsp3) is 0.333. The number of fused-ring (bicyclic) bond motifs is 2. The Labute approximate surface area is 208 Å². The summed E-state index contributed by atoms with van der Waals surface area (Å²) in [5.41, 5.74) is 2.62. The van der Waals surface area contributed by atoms with E-state index in [1.54, 1.807) is 30.7 Å². The van der Waals surface area contributed by atoms with Gasteiger partial charge in [0, 0.05) is 31.2 Å². The number of rotatable bonds is 4. The van der Waals surface area contributed by atoms with E-state index < -0.39 is 0 Å². The van der Waals surface area contributed by atoms with Crippen molar-refractivity contribution in [2.75, 3.05) is 18.4 Å². The lowest BCUT2D eigenvalue weighted by Gasteiger charge is -2.39. The van der Waals surface area contributed by atoms with Gasteiger partial charge in [0.15, 0.2) is 0 Å². The van der Waals surface area contributed by atoms with Crippen LogP contribution in [0.15, 0.2) is 67.1 Å². The van der Waals surface area contributed by atoms with Gasteiger partial charge < -0.3 is 19.5 Å². The van der Waals surface area contributed by atoms with Gasteiger partial charge in [-0.3, -0.25) is 4.98 Å². The first kappa shape index (κ1) is 22.5. The van der Waals surface area contributed by atoms with E-state index >= 15 is 0 Å². The van der Waals surface area contributed by atoms with E-state index in [9.17, 15) is 9.18 Å². The lowest BCUT2D eigenvalue weighted by Crippen LogP contribution is -2.40. The Balaban J connectivity index is 1.26. The molecule has 4 aromatic rings. The maximum absolute atomic E-state index is 13.2.